The first-order valence-corrected chi connectivity index (χ1v) is 11.3. The predicted molar refractivity (Wildman–Crippen MR) is 116 cm³/mol. The summed E-state index contributed by atoms with van der Waals surface area (Å²) in [5, 5.41) is 4.70. The molecule has 0 bridgehead atoms. The Bertz CT molecular complexity index is 978. The quantitative estimate of drug-likeness (QED) is 0.389. The molecule has 3 rings (SSSR count). The summed E-state index contributed by atoms with van der Waals surface area (Å²) in [5.41, 5.74) is 4.05. The number of halogens is 1. The number of nitrogens with one attached hydrogen (secondary N) is 1. The van der Waals surface area contributed by atoms with Crippen molar-refractivity contribution in [2.24, 2.45) is 0 Å². The van der Waals surface area contributed by atoms with Gasteiger partial charge in [-0.05, 0) is 43.2 Å². The third-order valence-electron chi connectivity index (χ3n) is 4.25. The van der Waals surface area contributed by atoms with Crippen LogP contribution in [0.1, 0.15) is 28.5 Å². The first-order chi connectivity index (χ1) is 14.5. The highest BCUT2D eigenvalue weighted by atomic mass is 32.2. The summed E-state index contributed by atoms with van der Waals surface area (Å²) in [6.07, 6.45) is -0.370. The Hall–Kier alpha value is -2.71. The van der Waals surface area contributed by atoms with Crippen molar-refractivity contribution in [3.63, 3.8) is 0 Å². The molecule has 2 aromatic carbocycles. The van der Waals surface area contributed by atoms with Gasteiger partial charge in [0.15, 0.2) is 6.10 Å². The number of thiazole rings is 1. The standard InChI is InChI=1S/C22H21FN2O3S2/c1-15(21(26)24-11-10-16-6-8-17(23)9-7-16)28-22(27)19-4-2-3-5-20(19)30-13-18-12-29-14-25-18/h2-9,12,14-15H,10-11,13H2,1H3,(H,24,26). The summed E-state index contributed by atoms with van der Waals surface area (Å²) in [4.78, 5) is 29.9. The highest BCUT2D eigenvalue weighted by Gasteiger charge is 2.20. The maximum absolute atomic E-state index is 12.9. The molecule has 8 heteroatoms. The van der Waals surface area contributed by atoms with E-state index in [2.05, 4.69) is 10.3 Å². The van der Waals surface area contributed by atoms with Crippen molar-refractivity contribution >= 4 is 35.0 Å². The van der Waals surface area contributed by atoms with Crippen LogP contribution in [-0.2, 0) is 21.7 Å². The number of carbonyl (C=O) groups excluding carboxylic acids is 2. The summed E-state index contributed by atoms with van der Waals surface area (Å²) in [6, 6.07) is 13.3. The van der Waals surface area contributed by atoms with Crippen molar-refractivity contribution in [2.45, 2.75) is 30.1 Å². The molecule has 1 heterocycles. The van der Waals surface area contributed by atoms with Gasteiger partial charge in [0.2, 0.25) is 0 Å². The molecule has 1 aromatic heterocycles. The summed E-state index contributed by atoms with van der Waals surface area (Å²) in [6.45, 7) is 1.91. The van der Waals surface area contributed by atoms with Crippen LogP contribution in [0.2, 0.25) is 0 Å². The van der Waals surface area contributed by atoms with Gasteiger partial charge in [-0.3, -0.25) is 4.79 Å². The van der Waals surface area contributed by atoms with Gasteiger partial charge in [0.1, 0.15) is 5.82 Å². The maximum atomic E-state index is 12.9. The molecule has 0 spiro atoms. The fourth-order valence-corrected chi connectivity index (χ4v) is 4.23. The van der Waals surface area contributed by atoms with Crippen LogP contribution >= 0.6 is 23.1 Å². The second kappa shape index (κ2) is 10.9. The van der Waals surface area contributed by atoms with Crippen molar-refractivity contribution in [3.8, 4) is 0 Å². The number of hydrogen-bond donors (Lipinski definition) is 1. The third-order valence-corrected chi connectivity index (χ3v) is 5.99. The average Bonchev–Trinajstić information content (AvgIpc) is 3.27. The Morgan fingerprint density at radius 3 is 2.70 bits per heavy atom. The smallest absolute Gasteiger partial charge is 0.340 e. The van der Waals surface area contributed by atoms with E-state index in [1.54, 1.807) is 29.8 Å². The first-order valence-electron chi connectivity index (χ1n) is 9.35. The molecule has 0 radical (unpaired) electrons. The summed E-state index contributed by atoms with van der Waals surface area (Å²) < 4.78 is 18.3. The number of benzene rings is 2. The topological polar surface area (TPSA) is 68.3 Å². The molecule has 1 unspecified atom stereocenters. The van der Waals surface area contributed by atoms with Gasteiger partial charge in [-0.25, -0.2) is 14.2 Å². The molecule has 1 amide bonds. The summed E-state index contributed by atoms with van der Waals surface area (Å²) in [7, 11) is 0. The number of nitrogens with zero attached hydrogens (tertiary/aromatic N) is 1. The van der Waals surface area contributed by atoms with E-state index in [4.69, 9.17) is 4.74 Å². The van der Waals surface area contributed by atoms with Gasteiger partial charge in [0, 0.05) is 22.6 Å². The predicted octanol–water partition coefficient (Wildman–Crippen LogP) is 4.48. The van der Waals surface area contributed by atoms with Crippen LogP contribution in [0.15, 0.2) is 64.3 Å². The van der Waals surface area contributed by atoms with E-state index in [0.29, 0.717) is 24.3 Å². The molecule has 0 aliphatic carbocycles. The molecule has 0 aliphatic heterocycles. The first kappa shape index (κ1) is 22.0. The highest BCUT2D eigenvalue weighted by molar-refractivity contribution is 7.98. The molecule has 3 aromatic rings. The lowest BCUT2D eigenvalue weighted by atomic mass is 10.1. The van der Waals surface area contributed by atoms with Crippen molar-refractivity contribution in [3.05, 3.63) is 82.1 Å². The monoisotopic (exact) mass is 444 g/mol. The maximum Gasteiger partial charge on any atom is 0.340 e. The number of ether oxygens (including phenoxy) is 1. The minimum atomic E-state index is -0.928. The average molecular weight is 445 g/mol. The summed E-state index contributed by atoms with van der Waals surface area (Å²) in [5.74, 6) is -0.572. The van der Waals surface area contributed by atoms with Crippen LogP contribution in [0.25, 0.3) is 0 Å². The van der Waals surface area contributed by atoms with Crippen molar-refractivity contribution in [1.82, 2.24) is 10.3 Å². The Morgan fingerprint density at radius 1 is 1.20 bits per heavy atom. The lowest BCUT2D eigenvalue weighted by Crippen LogP contribution is -2.37. The Kier molecular flexibility index (Phi) is 7.98. The van der Waals surface area contributed by atoms with E-state index in [1.165, 1.54) is 42.2 Å². The molecule has 1 atom stereocenters. The van der Waals surface area contributed by atoms with E-state index in [9.17, 15) is 14.0 Å². The Balaban J connectivity index is 1.50. The van der Waals surface area contributed by atoms with E-state index in [1.807, 2.05) is 17.5 Å². The van der Waals surface area contributed by atoms with Gasteiger partial charge in [-0.1, -0.05) is 24.3 Å². The van der Waals surface area contributed by atoms with Gasteiger partial charge in [0.05, 0.1) is 16.8 Å². The number of carbonyl (C=O) groups is 2. The molecule has 30 heavy (non-hydrogen) atoms. The molecule has 0 saturated carbocycles. The normalized spacial score (nSPS) is 11.7. The third kappa shape index (κ3) is 6.40. The van der Waals surface area contributed by atoms with Crippen LogP contribution in [0.4, 0.5) is 4.39 Å². The van der Waals surface area contributed by atoms with E-state index >= 15 is 0 Å². The molecule has 0 fully saturated rings. The van der Waals surface area contributed by atoms with E-state index in [0.717, 1.165) is 16.2 Å². The number of thioether (sulfide) groups is 1. The molecule has 1 N–H and O–H groups in total. The zero-order chi connectivity index (χ0) is 21.3. The lowest BCUT2D eigenvalue weighted by molar-refractivity contribution is -0.129. The molecule has 0 saturated heterocycles. The van der Waals surface area contributed by atoms with Crippen LogP contribution in [0.5, 0.6) is 0 Å². The minimum absolute atomic E-state index is 0.298. The molecule has 5 nitrogen and oxygen atoms in total. The number of aromatic nitrogens is 1. The highest BCUT2D eigenvalue weighted by Crippen LogP contribution is 2.27. The largest absolute Gasteiger partial charge is 0.449 e. The molecular formula is C22H21FN2O3S2. The number of amides is 1. The Labute approximate surface area is 182 Å². The molecule has 156 valence electrons. The van der Waals surface area contributed by atoms with Crippen molar-refractivity contribution < 1.29 is 18.7 Å². The number of rotatable bonds is 9. The van der Waals surface area contributed by atoms with Gasteiger partial charge in [-0.15, -0.1) is 23.1 Å². The van der Waals surface area contributed by atoms with Crippen molar-refractivity contribution in [1.29, 1.82) is 0 Å². The molecule has 0 aliphatic rings. The lowest BCUT2D eigenvalue weighted by Gasteiger charge is -2.15. The fraction of sp³-hybridized carbons (Fsp3) is 0.227. The zero-order valence-corrected chi connectivity index (χ0v) is 18.0. The van der Waals surface area contributed by atoms with Gasteiger partial charge < -0.3 is 10.1 Å². The second-order valence-corrected chi connectivity index (χ2v) is 8.22. The minimum Gasteiger partial charge on any atom is -0.449 e. The SMILES string of the molecule is CC(OC(=O)c1ccccc1SCc1cscn1)C(=O)NCCc1ccc(F)cc1. The summed E-state index contributed by atoms with van der Waals surface area (Å²) >= 11 is 3.02. The van der Waals surface area contributed by atoms with Crippen LogP contribution < -0.4 is 5.32 Å². The zero-order valence-electron chi connectivity index (χ0n) is 16.3. The van der Waals surface area contributed by atoms with Crippen molar-refractivity contribution in [2.75, 3.05) is 6.54 Å². The number of esters is 1. The van der Waals surface area contributed by atoms with Crippen LogP contribution in [0, 0.1) is 5.82 Å². The van der Waals surface area contributed by atoms with Gasteiger partial charge in [0.25, 0.3) is 5.91 Å². The Morgan fingerprint density at radius 2 is 1.97 bits per heavy atom. The van der Waals surface area contributed by atoms with Crippen LogP contribution in [0.3, 0.4) is 0 Å². The van der Waals surface area contributed by atoms with E-state index < -0.39 is 12.1 Å². The van der Waals surface area contributed by atoms with E-state index in [-0.39, 0.29) is 11.7 Å². The fourth-order valence-electron chi connectivity index (χ4n) is 2.62. The number of hydrogen-bond acceptors (Lipinski definition) is 6. The van der Waals surface area contributed by atoms with Crippen LogP contribution in [-0.4, -0.2) is 29.5 Å². The molecular weight excluding hydrogens is 423 g/mol. The van der Waals surface area contributed by atoms with Gasteiger partial charge >= 0.3 is 5.97 Å². The second-order valence-electron chi connectivity index (χ2n) is 6.48. The van der Waals surface area contributed by atoms with Gasteiger partial charge in [-0.2, -0.15) is 0 Å².